The average Bonchev–Trinajstić information content (AvgIpc) is 3.33. The number of aryl methyl sites for hydroxylation is 1. The molecule has 0 amide bonds. The molecule has 0 spiro atoms. The number of sulfonamides is 1. The quantitative estimate of drug-likeness (QED) is 0.285. The molecule has 4 heterocycles. The van der Waals surface area contributed by atoms with Crippen molar-refractivity contribution in [2.75, 3.05) is 38.2 Å². The van der Waals surface area contributed by atoms with E-state index in [9.17, 15) is 8.42 Å². The van der Waals surface area contributed by atoms with Gasteiger partial charge in [-0.1, -0.05) is 42.0 Å². The summed E-state index contributed by atoms with van der Waals surface area (Å²) in [5, 5.41) is 6.80. The maximum atomic E-state index is 11.9. The van der Waals surface area contributed by atoms with E-state index < -0.39 is 10.0 Å². The van der Waals surface area contributed by atoms with Crippen molar-refractivity contribution in [2.45, 2.75) is 31.8 Å². The van der Waals surface area contributed by atoms with Crippen LogP contribution < -0.4 is 5.73 Å². The van der Waals surface area contributed by atoms with E-state index in [1.54, 1.807) is 4.31 Å². The summed E-state index contributed by atoms with van der Waals surface area (Å²) in [5.41, 5.74) is 12.7. The summed E-state index contributed by atoms with van der Waals surface area (Å²) in [7, 11) is -3.14. The van der Waals surface area contributed by atoms with Crippen LogP contribution in [-0.4, -0.2) is 80.8 Å². The Balaban J connectivity index is 0.00000316. The van der Waals surface area contributed by atoms with Gasteiger partial charge in [0.1, 0.15) is 17.8 Å². The van der Waals surface area contributed by atoms with E-state index in [2.05, 4.69) is 33.9 Å². The zero-order valence-corrected chi connectivity index (χ0v) is 27.3. The molecule has 1 radical (unpaired) electrons. The number of fused-ring (bicyclic) bond motifs is 2. The third-order valence-corrected chi connectivity index (χ3v) is 9.87. The SMILES string of the molecule is Cc1c(-c2nn(C3CC(N4CCN(S(C)(=O)=O)CC4)C3)c3ncnc(N)c23)ccc2[c-]cc(-c3ccccc3)nc12.[Y]. The predicted octanol–water partition coefficient (Wildman–Crippen LogP) is 3.68. The monoisotopic (exact) mass is 656 g/mol. The van der Waals surface area contributed by atoms with Crippen molar-refractivity contribution in [3.63, 3.8) is 0 Å². The van der Waals surface area contributed by atoms with Crippen LogP contribution in [0.1, 0.15) is 24.4 Å². The first-order valence-electron chi connectivity index (χ1n) is 13.8. The fourth-order valence-electron chi connectivity index (χ4n) is 6.17. The van der Waals surface area contributed by atoms with Crippen LogP contribution in [0.5, 0.6) is 0 Å². The van der Waals surface area contributed by atoms with Crippen LogP contribution >= 0.6 is 0 Å². The largest absolute Gasteiger partial charge is 0.383 e. The molecule has 0 bridgehead atoms. The topological polar surface area (TPSA) is 123 Å². The first-order chi connectivity index (χ1) is 19.8. The van der Waals surface area contributed by atoms with Crippen molar-refractivity contribution in [3.8, 4) is 22.5 Å². The molecule has 1 aliphatic heterocycles. The van der Waals surface area contributed by atoms with E-state index >= 15 is 0 Å². The molecule has 2 aromatic carbocycles. The number of nitrogens with two attached hydrogens (primary N) is 1. The molecule has 0 atom stereocenters. The third kappa shape index (κ3) is 5.15. The number of rotatable bonds is 5. The number of nitrogen functional groups attached to an aromatic ring is 1. The number of hydrogen-bond acceptors (Lipinski definition) is 8. The van der Waals surface area contributed by atoms with Crippen LogP contribution in [-0.2, 0) is 42.7 Å². The zero-order chi connectivity index (χ0) is 28.3. The molecule has 1 saturated heterocycles. The van der Waals surface area contributed by atoms with Crippen molar-refractivity contribution in [2.24, 2.45) is 0 Å². The number of benzene rings is 2. The number of aromatic nitrogens is 5. The van der Waals surface area contributed by atoms with E-state index in [0.29, 0.717) is 24.9 Å². The summed E-state index contributed by atoms with van der Waals surface area (Å²) in [6.45, 7) is 4.63. The van der Waals surface area contributed by atoms with Gasteiger partial charge in [0.05, 0.1) is 17.7 Å². The molecule has 3 aromatic heterocycles. The average molecular weight is 657 g/mol. The second-order valence-corrected chi connectivity index (χ2v) is 13.0. The molecule has 0 unspecified atom stereocenters. The standard InChI is InChI=1S/C30H31N8O2S.Y/c1-19-24(10-8-21-9-11-25(34-27(19)21)20-6-4-3-5-7-20)28-26-29(31)32-18-33-30(26)38(35-28)23-16-22(17-23)36-12-14-37(15-13-36)41(2,39)40;/h3-8,10-11,18,22-23H,12-17H2,1-2H3,(H2,31,32,33);/q-1;. The van der Waals surface area contributed by atoms with Gasteiger partial charge in [-0.2, -0.15) is 9.40 Å². The number of anilines is 1. The summed E-state index contributed by atoms with van der Waals surface area (Å²) in [6, 6.07) is 20.1. The van der Waals surface area contributed by atoms with Crippen molar-refractivity contribution < 1.29 is 41.1 Å². The Morgan fingerprint density at radius 2 is 1.71 bits per heavy atom. The fourth-order valence-corrected chi connectivity index (χ4v) is 7.00. The normalized spacial score (nSPS) is 20.0. The van der Waals surface area contributed by atoms with Crippen LogP contribution in [0.3, 0.4) is 0 Å². The van der Waals surface area contributed by atoms with Gasteiger partial charge in [0, 0.05) is 64.9 Å². The van der Waals surface area contributed by atoms with Crippen LogP contribution in [0.15, 0.2) is 54.9 Å². The molecule has 2 aliphatic rings. The molecule has 213 valence electrons. The second-order valence-electron chi connectivity index (χ2n) is 11.0. The van der Waals surface area contributed by atoms with Crippen LogP contribution in [0.25, 0.3) is 44.5 Å². The van der Waals surface area contributed by atoms with E-state index in [1.807, 2.05) is 47.1 Å². The van der Waals surface area contributed by atoms with Gasteiger partial charge in [0.2, 0.25) is 10.0 Å². The number of nitrogens with zero attached hydrogens (tertiary/aromatic N) is 7. The van der Waals surface area contributed by atoms with Crippen molar-refractivity contribution >= 4 is 37.8 Å². The van der Waals surface area contributed by atoms with E-state index in [4.69, 9.17) is 15.8 Å². The second kappa shape index (κ2) is 11.4. The van der Waals surface area contributed by atoms with Crippen LogP contribution in [0.2, 0.25) is 0 Å². The van der Waals surface area contributed by atoms with Crippen molar-refractivity contribution in [1.82, 2.24) is 33.9 Å². The number of pyridine rings is 1. The Hall–Kier alpha value is -2.83. The Bertz CT molecular complexity index is 1880. The molecule has 5 aromatic rings. The van der Waals surface area contributed by atoms with Gasteiger partial charge in [-0.3, -0.25) is 4.90 Å². The first-order valence-corrected chi connectivity index (χ1v) is 15.7. The molecule has 1 aliphatic carbocycles. The van der Waals surface area contributed by atoms with Gasteiger partial charge < -0.3 is 10.7 Å². The number of piperazine rings is 1. The molecule has 10 nitrogen and oxygen atoms in total. The van der Waals surface area contributed by atoms with Gasteiger partial charge in [-0.25, -0.2) is 23.1 Å². The van der Waals surface area contributed by atoms with Crippen LogP contribution in [0, 0.1) is 13.0 Å². The smallest absolute Gasteiger partial charge is 0.211 e. The molecular formula is C30H31N8O2SY-. The maximum Gasteiger partial charge on any atom is 0.211 e. The van der Waals surface area contributed by atoms with E-state index in [-0.39, 0.29) is 38.8 Å². The Labute approximate surface area is 270 Å². The molecule has 1 saturated carbocycles. The van der Waals surface area contributed by atoms with Gasteiger partial charge in [0.25, 0.3) is 0 Å². The van der Waals surface area contributed by atoms with Gasteiger partial charge in [-0.05, 0) is 42.1 Å². The maximum absolute atomic E-state index is 11.9. The third-order valence-electron chi connectivity index (χ3n) is 8.56. The van der Waals surface area contributed by atoms with E-state index in [1.165, 1.54) is 12.6 Å². The molecule has 2 fully saturated rings. The molecule has 7 rings (SSSR count). The molecule has 12 heteroatoms. The Kier molecular flexibility index (Phi) is 7.91. The van der Waals surface area contributed by atoms with Crippen molar-refractivity contribution in [1.29, 1.82) is 0 Å². The Morgan fingerprint density at radius 1 is 0.976 bits per heavy atom. The predicted molar refractivity (Wildman–Crippen MR) is 160 cm³/mol. The fraction of sp³-hybridized carbons (Fsp3) is 0.333. The van der Waals surface area contributed by atoms with Gasteiger partial charge in [0.15, 0.2) is 5.65 Å². The van der Waals surface area contributed by atoms with Gasteiger partial charge in [-0.15, -0.1) is 23.6 Å². The minimum Gasteiger partial charge on any atom is -0.383 e. The van der Waals surface area contributed by atoms with E-state index in [0.717, 1.165) is 75.9 Å². The summed E-state index contributed by atoms with van der Waals surface area (Å²) < 4.78 is 27.4. The van der Waals surface area contributed by atoms with Crippen molar-refractivity contribution in [3.05, 3.63) is 66.5 Å². The van der Waals surface area contributed by atoms with Crippen LogP contribution in [0.4, 0.5) is 5.82 Å². The number of hydrogen-bond donors (Lipinski definition) is 1. The summed E-state index contributed by atoms with van der Waals surface area (Å²) >= 11 is 0. The Morgan fingerprint density at radius 3 is 2.43 bits per heavy atom. The van der Waals surface area contributed by atoms with Gasteiger partial charge >= 0.3 is 0 Å². The molecular weight excluding hydrogens is 625 g/mol. The zero-order valence-electron chi connectivity index (χ0n) is 23.6. The summed E-state index contributed by atoms with van der Waals surface area (Å²) in [4.78, 5) is 16.3. The minimum absolute atomic E-state index is 0. The molecule has 2 N–H and O–H groups in total. The first kappa shape index (κ1) is 29.3. The summed E-state index contributed by atoms with van der Waals surface area (Å²) in [6.07, 6.45) is 4.62. The summed E-state index contributed by atoms with van der Waals surface area (Å²) in [5.74, 6) is 0.404. The molecule has 42 heavy (non-hydrogen) atoms. The minimum atomic E-state index is -3.14.